The highest BCUT2D eigenvalue weighted by molar-refractivity contribution is 5.91. The number of carbonyl (C=O) groups excluding carboxylic acids is 4. The number of alkyl halides is 2. The van der Waals surface area contributed by atoms with Gasteiger partial charge in [-0.2, -0.15) is 0 Å². The van der Waals surface area contributed by atoms with Crippen LogP contribution in [0.3, 0.4) is 0 Å². The summed E-state index contributed by atoms with van der Waals surface area (Å²) >= 11 is 0. The third-order valence-electron chi connectivity index (χ3n) is 9.33. The summed E-state index contributed by atoms with van der Waals surface area (Å²) in [6.07, 6.45) is -2.13. The van der Waals surface area contributed by atoms with Gasteiger partial charge in [-0.05, 0) is 75.8 Å². The molecule has 2 atom stereocenters. The molecule has 2 amide bonds. The maximum absolute atomic E-state index is 15.1. The molecule has 2 aliphatic rings. The van der Waals surface area contributed by atoms with Gasteiger partial charge in [-0.25, -0.2) is 23.4 Å². The predicted molar refractivity (Wildman–Crippen MR) is 189 cm³/mol. The van der Waals surface area contributed by atoms with Crippen LogP contribution in [0.5, 0.6) is 5.75 Å². The van der Waals surface area contributed by atoms with Crippen molar-refractivity contribution in [1.29, 1.82) is 0 Å². The van der Waals surface area contributed by atoms with Crippen LogP contribution in [0.15, 0.2) is 29.1 Å². The fourth-order valence-electron chi connectivity index (χ4n) is 6.82. The molecule has 13 nitrogen and oxygen atoms in total. The number of cyclic esters (lactones) is 1. The number of benzene rings is 1. The fourth-order valence-corrected chi connectivity index (χ4v) is 6.82. The van der Waals surface area contributed by atoms with Crippen molar-refractivity contribution in [1.82, 2.24) is 20.2 Å². The van der Waals surface area contributed by atoms with E-state index in [2.05, 4.69) is 10.6 Å². The Morgan fingerprint density at radius 1 is 1.11 bits per heavy atom. The van der Waals surface area contributed by atoms with E-state index in [0.717, 1.165) is 16.5 Å². The Morgan fingerprint density at radius 2 is 1.83 bits per heavy atom. The zero-order valence-corrected chi connectivity index (χ0v) is 31.0. The number of nitrogens with zero attached hydrogens (tertiary/aromatic N) is 2. The average Bonchev–Trinajstić information content (AvgIpc) is 3.43. The van der Waals surface area contributed by atoms with E-state index in [1.165, 1.54) is 10.6 Å². The van der Waals surface area contributed by atoms with Crippen molar-refractivity contribution in [2.24, 2.45) is 5.92 Å². The molecule has 3 N–H and O–H groups in total. The van der Waals surface area contributed by atoms with E-state index in [0.29, 0.717) is 23.3 Å². The van der Waals surface area contributed by atoms with Crippen molar-refractivity contribution >= 4 is 34.8 Å². The molecule has 0 spiro atoms. The molecule has 15 heteroatoms. The third-order valence-corrected chi connectivity index (χ3v) is 9.33. The number of esters is 2. The number of aromatic nitrogens is 2. The quantitative estimate of drug-likeness (QED) is 0.127. The smallest absolute Gasteiger partial charge is 0.408 e. The van der Waals surface area contributed by atoms with Crippen LogP contribution in [0.25, 0.3) is 22.3 Å². The number of amides is 2. The maximum atomic E-state index is 15.1. The summed E-state index contributed by atoms with van der Waals surface area (Å²) in [5.41, 5.74) is -0.00881. The molecule has 0 unspecified atom stereocenters. The van der Waals surface area contributed by atoms with Gasteiger partial charge in [0.05, 0.1) is 42.0 Å². The molecule has 1 aromatic carbocycles. The molecule has 0 aliphatic carbocycles. The van der Waals surface area contributed by atoms with E-state index in [4.69, 9.17) is 19.2 Å². The number of ether oxygens (including phenoxy) is 3. The number of halogens is 2. The first kappa shape index (κ1) is 39.1. The van der Waals surface area contributed by atoms with Crippen molar-refractivity contribution in [3.63, 3.8) is 0 Å². The zero-order chi connectivity index (χ0) is 39.0. The molecule has 3 aromatic rings. The Labute approximate surface area is 305 Å². The number of fused-ring (bicyclic) bond motifs is 5. The lowest BCUT2D eigenvalue weighted by atomic mass is 9.85. The molecule has 286 valence electrons. The third kappa shape index (κ3) is 8.13. The van der Waals surface area contributed by atoms with Crippen molar-refractivity contribution in [2.75, 3.05) is 6.54 Å². The Kier molecular flexibility index (Phi) is 10.9. The Morgan fingerprint density at radius 3 is 2.47 bits per heavy atom. The van der Waals surface area contributed by atoms with Gasteiger partial charge in [0.1, 0.15) is 24.0 Å². The van der Waals surface area contributed by atoms with E-state index in [-0.39, 0.29) is 48.8 Å². The number of rotatable bonds is 12. The maximum Gasteiger partial charge on any atom is 0.408 e. The van der Waals surface area contributed by atoms with Gasteiger partial charge in [0.25, 0.3) is 11.5 Å². The summed E-state index contributed by atoms with van der Waals surface area (Å²) in [5, 5.41) is 15.5. The number of aromatic hydroxyl groups is 1. The van der Waals surface area contributed by atoms with E-state index in [1.54, 1.807) is 59.7 Å². The SMILES string of the molecule is CCc1c2c(nc3ccc(O)cc13)-c1cc3c(c(=O)n1C2)COC(=O)[C@@]3(CC)OC(=O)CCC(F)(F)CNC(=O)[C@H](CC(C)C)NC(=O)OC(C)(C)C. The number of hydrogen-bond acceptors (Lipinski definition) is 10. The number of pyridine rings is 2. The number of nitrogens with one attached hydrogen (secondary N) is 2. The van der Waals surface area contributed by atoms with Crippen LogP contribution < -0.4 is 16.2 Å². The summed E-state index contributed by atoms with van der Waals surface area (Å²) in [6, 6.07) is 5.25. The summed E-state index contributed by atoms with van der Waals surface area (Å²) in [4.78, 5) is 70.5. The number of carbonyl (C=O) groups is 4. The van der Waals surface area contributed by atoms with Crippen LogP contribution in [-0.4, -0.2) is 62.7 Å². The van der Waals surface area contributed by atoms with E-state index < -0.39 is 72.1 Å². The standard InChI is InChI=1S/C38H46F2N4O9/c1-8-22-23-15-21(45)10-11-27(23)42-31-24(22)17-44-29(31)16-26-25(33(44)48)18-51-34(49)38(26,9-2)52-30(46)12-13-37(39,40)19-41-32(47)28(14-20(3)4)43-35(50)53-36(5,6)7/h10-11,15-16,20,28,45H,8-9,12-14,17-19H2,1-7H3,(H,41,47)(H,43,50)/t28-,38-/m0/s1. The molecule has 0 saturated carbocycles. The molecule has 2 aromatic heterocycles. The molecule has 4 heterocycles. The minimum absolute atomic E-state index is 0.0640. The first-order chi connectivity index (χ1) is 24.8. The molecule has 0 fully saturated rings. The number of alkyl carbamates (subject to hydrolysis) is 1. The van der Waals surface area contributed by atoms with Crippen LogP contribution in [0.4, 0.5) is 13.6 Å². The number of hydrogen-bond donors (Lipinski definition) is 3. The molecule has 5 rings (SSSR count). The van der Waals surface area contributed by atoms with Gasteiger partial charge in [-0.15, -0.1) is 0 Å². The highest BCUT2D eigenvalue weighted by Gasteiger charge is 2.50. The lowest BCUT2D eigenvalue weighted by Crippen LogP contribution is -2.51. The van der Waals surface area contributed by atoms with Crippen molar-refractivity contribution in [2.45, 2.75) is 117 Å². The zero-order valence-electron chi connectivity index (χ0n) is 31.0. The van der Waals surface area contributed by atoms with Crippen LogP contribution >= 0.6 is 0 Å². The largest absolute Gasteiger partial charge is 0.508 e. The first-order valence-corrected chi connectivity index (χ1v) is 17.7. The molecular weight excluding hydrogens is 694 g/mol. The monoisotopic (exact) mass is 740 g/mol. The van der Waals surface area contributed by atoms with Crippen LogP contribution in [0, 0.1) is 5.92 Å². The summed E-state index contributed by atoms with van der Waals surface area (Å²) in [7, 11) is 0. The Balaban J connectivity index is 1.34. The molecule has 0 bridgehead atoms. The fraction of sp³-hybridized carbons (Fsp3) is 0.526. The molecule has 2 aliphatic heterocycles. The average molecular weight is 741 g/mol. The summed E-state index contributed by atoms with van der Waals surface area (Å²) < 4.78 is 47.9. The number of aryl methyl sites for hydroxylation is 1. The van der Waals surface area contributed by atoms with Crippen molar-refractivity contribution < 1.29 is 47.3 Å². The minimum atomic E-state index is -3.57. The van der Waals surface area contributed by atoms with Crippen molar-refractivity contribution in [3.05, 3.63) is 56.9 Å². The van der Waals surface area contributed by atoms with Crippen molar-refractivity contribution in [3.8, 4) is 17.1 Å². The van der Waals surface area contributed by atoms with Gasteiger partial charge in [-0.1, -0.05) is 27.7 Å². The van der Waals surface area contributed by atoms with Crippen LogP contribution in [0.2, 0.25) is 0 Å². The normalized spacial score (nSPS) is 17.1. The topological polar surface area (TPSA) is 175 Å². The van der Waals surface area contributed by atoms with Crippen LogP contribution in [0.1, 0.15) is 96.4 Å². The predicted octanol–water partition coefficient (Wildman–Crippen LogP) is 5.37. The first-order valence-electron chi connectivity index (χ1n) is 17.7. The molecule has 0 radical (unpaired) electrons. The van der Waals surface area contributed by atoms with Gasteiger partial charge in [0.15, 0.2) is 0 Å². The molecule has 53 heavy (non-hydrogen) atoms. The van der Waals surface area contributed by atoms with Crippen LogP contribution in [-0.2, 0) is 53.8 Å². The van der Waals surface area contributed by atoms with Gasteiger partial charge < -0.3 is 34.5 Å². The lowest BCUT2D eigenvalue weighted by molar-refractivity contribution is -0.190. The Bertz CT molecular complexity index is 2020. The highest BCUT2D eigenvalue weighted by Crippen LogP contribution is 2.42. The van der Waals surface area contributed by atoms with Gasteiger partial charge in [-0.3, -0.25) is 14.4 Å². The van der Waals surface area contributed by atoms with Gasteiger partial charge in [0.2, 0.25) is 11.5 Å². The van der Waals surface area contributed by atoms with E-state index in [1.807, 2.05) is 6.92 Å². The molecular formula is C38H46F2N4O9. The summed E-state index contributed by atoms with van der Waals surface area (Å²) in [5.74, 6) is -6.47. The van der Waals surface area contributed by atoms with E-state index >= 15 is 8.78 Å². The second kappa shape index (κ2) is 14.7. The second-order valence-corrected chi connectivity index (χ2v) is 14.9. The number of phenolic OH excluding ortho intramolecular Hbond substituents is 1. The van der Waals surface area contributed by atoms with Gasteiger partial charge in [0, 0.05) is 22.9 Å². The number of phenols is 1. The highest BCUT2D eigenvalue weighted by atomic mass is 19.3. The van der Waals surface area contributed by atoms with Gasteiger partial charge >= 0.3 is 18.0 Å². The second-order valence-electron chi connectivity index (χ2n) is 14.9. The Hall–Kier alpha value is -5.08. The summed E-state index contributed by atoms with van der Waals surface area (Å²) in [6.45, 7) is 10.7. The molecule has 0 saturated heterocycles. The lowest BCUT2D eigenvalue weighted by Gasteiger charge is -2.35. The van der Waals surface area contributed by atoms with E-state index in [9.17, 15) is 29.1 Å². The minimum Gasteiger partial charge on any atom is -0.508 e.